The molecule has 4 nitrogen and oxygen atoms in total. The number of hydrogen-bond donors (Lipinski definition) is 0. The minimum Gasteiger partial charge on any atom is -0.308 e. The standard InChI is InChI=1S/C36H20N4/c37-21-25-17-24-20-36(40-33-15-7-3-11-29(33)30-12-4-8-16-34(30)40)26(22-38)18-23(24)19-35(25)39-31-13-5-1-9-27(31)28-10-2-6-14-32(28)39/h1-20H. The molecule has 8 aromatic rings. The maximum Gasteiger partial charge on any atom is 0.101 e. The van der Waals surface area contributed by atoms with Gasteiger partial charge in [-0.15, -0.1) is 0 Å². The van der Waals surface area contributed by atoms with Crippen molar-refractivity contribution in [2.24, 2.45) is 0 Å². The molecule has 184 valence electrons. The first-order valence-electron chi connectivity index (χ1n) is 13.2. The van der Waals surface area contributed by atoms with Gasteiger partial charge in [-0.2, -0.15) is 10.5 Å². The molecule has 6 aromatic carbocycles. The Morgan fingerprint density at radius 2 is 0.700 bits per heavy atom. The van der Waals surface area contributed by atoms with Crippen LogP contribution in [0.4, 0.5) is 0 Å². The van der Waals surface area contributed by atoms with E-state index >= 15 is 0 Å². The van der Waals surface area contributed by atoms with E-state index in [0.29, 0.717) is 11.1 Å². The average Bonchev–Trinajstić information content (AvgIpc) is 3.53. The van der Waals surface area contributed by atoms with Crippen molar-refractivity contribution in [1.82, 2.24) is 9.13 Å². The van der Waals surface area contributed by atoms with Crippen LogP contribution in [0.25, 0.3) is 65.8 Å². The molecule has 0 spiro atoms. The molecule has 0 saturated carbocycles. The molecular weight excluding hydrogens is 488 g/mol. The second-order valence-electron chi connectivity index (χ2n) is 10.0. The van der Waals surface area contributed by atoms with Gasteiger partial charge in [-0.25, -0.2) is 0 Å². The highest BCUT2D eigenvalue weighted by Gasteiger charge is 2.18. The van der Waals surface area contributed by atoms with E-state index in [1.54, 1.807) is 0 Å². The third kappa shape index (κ3) is 2.99. The lowest BCUT2D eigenvalue weighted by atomic mass is 10.0. The lowest BCUT2D eigenvalue weighted by Crippen LogP contribution is -2.00. The molecule has 0 aliphatic heterocycles. The lowest BCUT2D eigenvalue weighted by Gasteiger charge is -2.15. The van der Waals surface area contributed by atoms with Crippen LogP contribution in [0.3, 0.4) is 0 Å². The fourth-order valence-electron chi connectivity index (χ4n) is 6.24. The molecule has 4 heteroatoms. The van der Waals surface area contributed by atoms with Gasteiger partial charge in [0.15, 0.2) is 0 Å². The predicted octanol–water partition coefficient (Wildman–Crippen LogP) is 8.78. The summed E-state index contributed by atoms with van der Waals surface area (Å²) in [6, 6.07) is 46.0. The van der Waals surface area contributed by atoms with Crippen molar-refractivity contribution in [2.75, 3.05) is 0 Å². The van der Waals surface area contributed by atoms with Gasteiger partial charge in [-0.3, -0.25) is 0 Å². The van der Waals surface area contributed by atoms with Gasteiger partial charge in [0.25, 0.3) is 0 Å². The highest BCUT2D eigenvalue weighted by molar-refractivity contribution is 6.11. The Hall–Kier alpha value is -5.84. The number of nitriles is 2. The SMILES string of the molecule is N#Cc1cc2cc(-n3c4ccccc4c4ccccc43)c(C#N)cc2cc1-n1c2ccccc2c2ccccc21. The number of rotatable bonds is 2. The summed E-state index contributed by atoms with van der Waals surface area (Å²) in [5.74, 6) is 0. The number of para-hydroxylation sites is 4. The summed E-state index contributed by atoms with van der Waals surface area (Å²) in [6.07, 6.45) is 0. The van der Waals surface area contributed by atoms with E-state index in [1.165, 1.54) is 0 Å². The van der Waals surface area contributed by atoms with E-state index in [9.17, 15) is 10.5 Å². The molecule has 0 unspecified atom stereocenters. The molecule has 2 aromatic heterocycles. The van der Waals surface area contributed by atoms with Crippen LogP contribution in [0.2, 0.25) is 0 Å². The van der Waals surface area contributed by atoms with Crippen LogP contribution >= 0.6 is 0 Å². The number of benzene rings is 6. The maximum atomic E-state index is 10.3. The molecule has 0 aliphatic carbocycles. The van der Waals surface area contributed by atoms with Crippen molar-refractivity contribution >= 4 is 54.4 Å². The molecule has 8 rings (SSSR count). The highest BCUT2D eigenvalue weighted by Crippen LogP contribution is 2.37. The first-order chi connectivity index (χ1) is 19.8. The number of aromatic nitrogens is 2. The quantitative estimate of drug-likeness (QED) is 0.234. The molecule has 2 heterocycles. The van der Waals surface area contributed by atoms with Crippen molar-refractivity contribution in [3.05, 3.63) is 132 Å². The molecule has 0 N–H and O–H groups in total. The summed E-state index contributed by atoms with van der Waals surface area (Å²) >= 11 is 0. The maximum absolute atomic E-state index is 10.3. The monoisotopic (exact) mass is 508 g/mol. The first kappa shape index (κ1) is 22.2. The van der Waals surface area contributed by atoms with Gasteiger partial charge in [0, 0.05) is 21.5 Å². The van der Waals surface area contributed by atoms with Crippen LogP contribution in [0.1, 0.15) is 11.1 Å². The van der Waals surface area contributed by atoms with E-state index in [0.717, 1.165) is 65.8 Å². The molecular formula is C36H20N4. The van der Waals surface area contributed by atoms with Crippen LogP contribution in [-0.4, -0.2) is 9.13 Å². The molecule has 0 radical (unpaired) electrons. The average molecular weight is 509 g/mol. The first-order valence-corrected chi connectivity index (χ1v) is 13.2. The van der Waals surface area contributed by atoms with Crippen molar-refractivity contribution in [3.8, 4) is 23.5 Å². The Bertz CT molecular complexity index is 2130. The van der Waals surface area contributed by atoms with E-state index in [-0.39, 0.29) is 0 Å². The van der Waals surface area contributed by atoms with Gasteiger partial charge in [0.1, 0.15) is 12.1 Å². The van der Waals surface area contributed by atoms with E-state index in [1.807, 2.05) is 72.8 Å². The summed E-state index contributed by atoms with van der Waals surface area (Å²) in [5.41, 5.74) is 6.95. The van der Waals surface area contributed by atoms with Gasteiger partial charge in [-0.1, -0.05) is 72.8 Å². The molecule has 0 saturated heterocycles. The molecule has 0 bridgehead atoms. The van der Waals surface area contributed by atoms with Crippen molar-refractivity contribution in [2.45, 2.75) is 0 Å². The van der Waals surface area contributed by atoms with E-state index in [2.05, 4.69) is 69.8 Å². The number of fused-ring (bicyclic) bond motifs is 7. The van der Waals surface area contributed by atoms with Crippen molar-refractivity contribution < 1.29 is 0 Å². The molecule has 0 amide bonds. The highest BCUT2D eigenvalue weighted by atomic mass is 15.0. The zero-order valence-electron chi connectivity index (χ0n) is 21.3. The molecule has 0 atom stereocenters. The smallest absolute Gasteiger partial charge is 0.101 e. The Kier molecular flexibility index (Phi) is 4.62. The van der Waals surface area contributed by atoms with E-state index in [4.69, 9.17) is 0 Å². The summed E-state index contributed by atoms with van der Waals surface area (Å²) in [5, 5.41) is 27.1. The van der Waals surface area contributed by atoms with Gasteiger partial charge in [0.05, 0.1) is 44.6 Å². The Morgan fingerprint density at radius 3 is 1.00 bits per heavy atom. The van der Waals surface area contributed by atoms with Crippen LogP contribution in [0.15, 0.2) is 121 Å². The van der Waals surface area contributed by atoms with Crippen LogP contribution < -0.4 is 0 Å². The third-order valence-electron chi connectivity index (χ3n) is 7.95. The third-order valence-corrected chi connectivity index (χ3v) is 7.95. The van der Waals surface area contributed by atoms with E-state index < -0.39 is 0 Å². The van der Waals surface area contributed by atoms with Crippen LogP contribution in [0.5, 0.6) is 0 Å². The molecule has 0 aliphatic rings. The van der Waals surface area contributed by atoms with Crippen LogP contribution in [-0.2, 0) is 0 Å². The summed E-state index contributed by atoms with van der Waals surface area (Å²) in [4.78, 5) is 0. The minimum atomic E-state index is 0.580. The topological polar surface area (TPSA) is 57.4 Å². The van der Waals surface area contributed by atoms with Gasteiger partial charge >= 0.3 is 0 Å². The van der Waals surface area contributed by atoms with Crippen molar-refractivity contribution in [1.29, 1.82) is 10.5 Å². The van der Waals surface area contributed by atoms with Gasteiger partial charge in [-0.05, 0) is 59.3 Å². The fraction of sp³-hybridized carbons (Fsp3) is 0. The summed E-state index contributed by atoms with van der Waals surface area (Å²) in [7, 11) is 0. The normalized spacial score (nSPS) is 11.4. The lowest BCUT2D eigenvalue weighted by molar-refractivity contribution is 1.16. The minimum absolute atomic E-state index is 0.580. The fourth-order valence-corrected chi connectivity index (χ4v) is 6.24. The van der Waals surface area contributed by atoms with Crippen molar-refractivity contribution in [3.63, 3.8) is 0 Å². The number of nitrogens with zero attached hydrogens (tertiary/aromatic N) is 4. The van der Waals surface area contributed by atoms with Crippen LogP contribution in [0, 0.1) is 22.7 Å². The Morgan fingerprint density at radius 1 is 0.400 bits per heavy atom. The second kappa shape index (κ2) is 8.33. The second-order valence-corrected chi connectivity index (χ2v) is 10.0. The Balaban J connectivity index is 1.45. The zero-order valence-corrected chi connectivity index (χ0v) is 21.3. The summed E-state index contributed by atoms with van der Waals surface area (Å²) < 4.78 is 4.32. The van der Waals surface area contributed by atoms with Gasteiger partial charge < -0.3 is 9.13 Å². The Labute approximate surface area is 229 Å². The molecule has 40 heavy (non-hydrogen) atoms. The number of hydrogen-bond acceptors (Lipinski definition) is 2. The largest absolute Gasteiger partial charge is 0.308 e. The zero-order chi connectivity index (χ0) is 26.8. The molecule has 0 fully saturated rings. The van der Waals surface area contributed by atoms with Gasteiger partial charge in [0.2, 0.25) is 0 Å². The predicted molar refractivity (Wildman–Crippen MR) is 162 cm³/mol. The summed E-state index contributed by atoms with van der Waals surface area (Å²) in [6.45, 7) is 0.